The molecule has 6 heteroatoms. The van der Waals surface area contributed by atoms with Crippen molar-refractivity contribution in [3.8, 4) is 0 Å². The fraction of sp³-hybridized carbons (Fsp3) is 0.741. The Bertz CT molecular complexity index is 1020. The van der Waals surface area contributed by atoms with Gasteiger partial charge >= 0.3 is 5.97 Å². The van der Waals surface area contributed by atoms with Crippen LogP contribution in [0.5, 0.6) is 0 Å². The maximum atomic E-state index is 13.2. The number of fused-ring (bicyclic) bond motifs is 3. The van der Waals surface area contributed by atoms with Gasteiger partial charge in [-0.3, -0.25) is 9.69 Å². The molecule has 0 aromatic carbocycles. The van der Waals surface area contributed by atoms with E-state index in [9.17, 15) is 14.7 Å². The molecule has 6 nitrogen and oxygen atoms in total. The summed E-state index contributed by atoms with van der Waals surface area (Å²) >= 11 is 0. The van der Waals surface area contributed by atoms with Crippen LogP contribution in [-0.2, 0) is 6.42 Å². The summed E-state index contributed by atoms with van der Waals surface area (Å²) in [6.07, 6.45) is 12.9. The fourth-order valence-corrected chi connectivity index (χ4v) is 7.61. The molecule has 1 N–H and O–H groups in total. The number of allylic oxidation sites excluding steroid dienone is 1. The van der Waals surface area contributed by atoms with Gasteiger partial charge in [0.25, 0.3) is 5.56 Å². The molecule has 2 heterocycles. The van der Waals surface area contributed by atoms with Gasteiger partial charge in [-0.1, -0.05) is 19.9 Å². The summed E-state index contributed by atoms with van der Waals surface area (Å²) < 4.78 is 1.73. The first-order valence-electron chi connectivity index (χ1n) is 13.0. The van der Waals surface area contributed by atoms with Gasteiger partial charge in [0.1, 0.15) is 0 Å². The van der Waals surface area contributed by atoms with Crippen molar-refractivity contribution in [1.82, 2.24) is 14.5 Å². The van der Waals surface area contributed by atoms with Gasteiger partial charge in [-0.25, -0.2) is 9.78 Å². The van der Waals surface area contributed by atoms with Crippen molar-refractivity contribution in [2.45, 2.75) is 97.2 Å². The molecule has 180 valence electrons. The summed E-state index contributed by atoms with van der Waals surface area (Å²) in [5, 5.41) is 9.59. The number of carboxylic acid groups (broad SMARTS) is 1. The van der Waals surface area contributed by atoms with Gasteiger partial charge in [-0.2, -0.15) is 0 Å². The minimum atomic E-state index is -1.23. The first-order valence-corrected chi connectivity index (χ1v) is 13.0. The van der Waals surface area contributed by atoms with E-state index in [0.717, 1.165) is 48.4 Å². The Morgan fingerprint density at radius 3 is 2.76 bits per heavy atom. The molecule has 3 saturated carbocycles. The van der Waals surface area contributed by atoms with E-state index in [4.69, 9.17) is 0 Å². The van der Waals surface area contributed by atoms with Crippen molar-refractivity contribution in [1.29, 1.82) is 0 Å². The van der Waals surface area contributed by atoms with Crippen LogP contribution in [0, 0.1) is 23.2 Å². The average molecular weight is 454 g/mol. The first kappa shape index (κ1) is 22.8. The van der Waals surface area contributed by atoms with E-state index < -0.39 is 11.5 Å². The zero-order valence-electron chi connectivity index (χ0n) is 20.6. The van der Waals surface area contributed by atoms with E-state index in [1.165, 1.54) is 32.2 Å². The van der Waals surface area contributed by atoms with E-state index in [1.807, 2.05) is 6.08 Å². The van der Waals surface area contributed by atoms with Crippen LogP contribution in [0.4, 0.5) is 0 Å². The predicted octanol–water partition coefficient (Wildman–Crippen LogP) is 4.78. The van der Waals surface area contributed by atoms with E-state index >= 15 is 0 Å². The van der Waals surface area contributed by atoms with Gasteiger partial charge < -0.3 is 9.67 Å². The highest BCUT2D eigenvalue weighted by molar-refractivity contribution is 5.85. The monoisotopic (exact) mass is 453 g/mol. The number of hydrogen-bond donors (Lipinski definition) is 1. The van der Waals surface area contributed by atoms with Crippen LogP contribution in [0.25, 0.3) is 6.08 Å². The molecule has 1 aromatic rings. The molecule has 0 amide bonds. The van der Waals surface area contributed by atoms with Crippen LogP contribution in [0.15, 0.2) is 10.9 Å². The van der Waals surface area contributed by atoms with E-state index in [0.29, 0.717) is 23.9 Å². The maximum absolute atomic E-state index is 13.2. The highest BCUT2D eigenvalue weighted by atomic mass is 16.4. The maximum Gasteiger partial charge on any atom is 0.360 e. The number of carbonyl (C=O) groups is 1. The second-order valence-corrected chi connectivity index (χ2v) is 11.8. The lowest BCUT2D eigenvalue weighted by atomic mass is 9.45. The lowest BCUT2D eigenvalue weighted by Crippen LogP contribution is -2.55. The molecule has 1 saturated heterocycles. The molecule has 1 unspecified atom stereocenters. The molecule has 5 aliphatic rings. The summed E-state index contributed by atoms with van der Waals surface area (Å²) in [5.74, 6) is 1.32. The topological polar surface area (TPSA) is 75.4 Å². The number of aromatic carboxylic acids is 1. The Balaban J connectivity index is 1.38. The van der Waals surface area contributed by atoms with Gasteiger partial charge in [-0.15, -0.1) is 0 Å². The summed E-state index contributed by atoms with van der Waals surface area (Å²) in [5.41, 5.74) is 1.24. The lowest BCUT2D eigenvalue weighted by molar-refractivity contribution is -0.114. The zero-order valence-corrected chi connectivity index (χ0v) is 20.6. The smallest absolute Gasteiger partial charge is 0.360 e. The van der Waals surface area contributed by atoms with Crippen molar-refractivity contribution >= 4 is 12.0 Å². The number of likely N-dealkylation sites (tertiary alicyclic amines) is 1. The predicted molar refractivity (Wildman–Crippen MR) is 129 cm³/mol. The molecule has 33 heavy (non-hydrogen) atoms. The van der Waals surface area contributed by atoms with Crippen LogP contribution in [-0.4, -0.2) is 44.2 Å². The molecule has 4 aliphatic carbocycles. The largest absolute Gasteiger partial charge is 0.476 e. The Labute approximate surface area is 197 Å². The van der Waals surface area contributed by atoms with Crippen LogP contribution in [0.1, 0.15) is 101 Å². The van der Waals surface area contributed by atoms with E-state index in [2.05, 4.69) is 43.7 Å². The number of hydrogen-bond acceptors (Lipinski definition) is 4. The number of rotatable bonds is 6. The third-order valence-electron chi connectivity index (χ3n) is 9.70. The standard InChI is InChI=1S/C27H39N3O3/c1-16-9-12-20(29(16)15-18-10-11-19-14-21(18)27(19,3)4)13-17(2)30-23-8-6-5-7-22(23)28-24(25(30)31)26(32)33/h6,8,16-21H,5,7,9-15H2,1-4H3,(H,32,33)/t16-,17-,18-,19-,20-,21?/m0/s1. The van der Waals surface area contributed by atoms with Crippen LogP contribution >= 0.6 is 0 Å². The van der Waals surface area contributed by atoms with Gasteiger partial charge in [0, 0.05) is 24.7 Å². The van der Waals surface area contributed by atoms with Crippen molar-refractivity contribution < 1.29 is 9.90 Å². The van der Waals surface area contributed by atoms with Crippen LogP contribution in [0.3, 0.4) is 0 Å². The Morgan fingerprint density at radius 2 is 2.06 bits per heavy atom. The van der Waals surface area contributed by atoms with Crippen LogP contribution < -0.4 is 5.56 Å². The summed E-state index contributed by atoms with van der Waals surface area (Å²) in [4.78, 5) is 31.8. The SMILES string of the molecule is C[C@H]1CC[C@@H](C[C@H](C)n2c3c(nc(C(=O)O)c2=O)CCC=C3)N1C[C@@H]1CC[C@H]2CC1C2(C)C. The number of aryl methyl sites for hydroxylation is 1. The molecule has 1 aliphatic heterocycles. The molecule has 6 atom stereocenters. The third kappa shape index (κ3) is 3.78. The first-order chi connectivity index (χ1) is 15.7. The van der Waals surface area contributed by atoms with Crippen molar-refractivity contribution in [3.05, 3.63) is 33.5 Å². The van der Waals surface area contributed by atoms with Crippen molar-refractivity contribution in [2.24, 2.45) is 23.2 Å². The number of aromatic nitrogens is 2. The third-order valence-corrected chi connectivity index (χ3v) is 9.70. The second-order valence-electron chi connectivity index (χ2n) is 11.8. The molecule has 6 rings (SSSR count). The molecule has 0 spiro atoms. The second kappa shape index (κ2) is 8.37. The molecule has 4 fully saturated rings. The number of carboxylic acids is 1. The molecule has 1 aromatic heterocycles. The minimum Gasteiger partial charge on any atom is -0.476 e. The van der Waals surface area contributed by atoms with Gasteiger partial charge in [-0.05, 0) is 94.5 Å². The average Bonchev–Trinajstić information content (AvgIpc) is 3.11. The minimum absolute atomic E-state index is 0.0659. The highest BCUT2D eigenvalue weighted by Gasteiger charge is 2.54. The normalized spacial score (nSPS) is 33.4. The Morgan fingerprint density at radius 1 is 1.27 bits per heavy atom. The highest BCUT2D eigenvalue weighted by Crippen LogP contribution is 2.61. The molecular weight excluding hydrogens is 414 g/mol. The fourth-order valence-electron chi connectivity index (χ4n) is 7.61. The summed E-state index contributed by atoms with van der Waals surface area (Å²) in [7, 11) is 0. The summed E-state index contributed by atoms with van der Waals surface area (Å²) in [6, 6.07) is 0.942. The summed E-state index contributed by atoms with van der Waals surface area (Å²) in [6.45, 7) is 10.5. The molecule has 2 bridgehead atoms. The van der Waals surface area contributed by atoms with Gasteiger partial charge in [0.2, 0.25) is 5.69 Å². The van der Waals surface area contributed by atoms with E-state index in [1.54, 1.807) is 4.57 Å². The zero-order chi connectivity index (χ0) is 23.5. The van der Waals surface area contributed by atoms with Gasteiger partial charge in [0.15, 0.2) is 0 Å². The van der Waals surface area contributed by atoms with Gasteiger partial charge in [0.05, 0.1) is 11.4 Å². The van der Waals surface area contributed by atoms with Crippen LogP contribution in [0.2, 0.25) is 0 Å². The number of nitrogens with zero attached hydrogens (tertiary/aromatic N) is 3. The van der Waals surface area contributed by atoms with Crippen molar-refractivity contribution in [2.75, 3.05) is 6.54 Å². The Hall–Kier alpha value is -1.95. The molecule has 0 radical (unpaired) electrons. The van der Waals surface area contributed by atoms with Crippen molar-refractivity contribution in [3.63, 3.8) is 0 Å². The quantitative estimate of drug-likeness (QED) is 0.671. The Kier molecular flexibility index (Phi) is 5.79. The molecular formula is C27H39N3O3. The lowest BCUT2D eigenvalue weighted by Gasteiger charge is -2.61. The van der Waals surface area contributed by atoms with E-state index in [-0.39, 0.29) is 11.7 Å².